The maximum atomic E-state index is 5.27. The lowest BCUT2D eigenvalue weighted by atomic mass is 10.1. The topological polar surface area (TPSA) is 68.3 Å². The summed E-state index contributed by atoms with van der Waals surface area (Å²) in [5.74, 6) is 3.21. The van der Waals surface area contributed by atoms with Crippen molar-refractivity contribution in [3.63, 3.8) is 0 Å². The Bertz CT molecular complexity index is 913. The van der Waals surface area contributed by atoms with Crippen molar-refractivity contribution in [2.24, 2.45) is 0 Å². The molecule has 152 valence electrons. The molecule has 0 bridgehead atoms. The Balaban J connectivity index is 1.50. The normalized spacial score (nSPS) is 10.4. The number of nitrogens with one attached hydrogen (secondary N) is 2. The fourth-order valence-corrected chi connectivity index (χ4v) is 3.01. The highest BCUT2D eigenvalue weighted by Crippen LogP contribution is 2.15. The molecule has 1 heterocycles. The Hall–Kier alpha value is -3.28. The molecule has 2 aromatic carbocycles. The van der Waals surface area contributed by atoms with Crippen molar-refractivity contribution in [2.75, 3.05) is 37.9 Å². The molecule has 0 aliphatic rings. The van der Waals surface area contributed by atoms with Crippen LogP contribution in [-0.4, -0.2) is 37.3 Å². The second-order valence-corrected chi connectivity index (χ2v) is 6.77. The lowest BCUT2D eigenvalue weighted by Gasteiger charge is -2.10. The third-order valence-corrected chi connectivity index (χ3v) is 4.56. The Morgan fingerprint density at radius 2 is 1.48 bits per heavy atom. The summed E-state index contributed by atoms with van der Waals surface area (Å²) >= 11 is 0. The van der Waals surface area contributed by atoms with Gasteiger partial charge in [-0.3, -0.25) is 0 Å². The lowest BCUT2D eigenvalue weighted by Crippen LogP contribution is -2.12. The maximum Gasteiger partial charge on any atom is 0.224 e. The number of benzene rings is 2. The van der Waals surface area contributed by atoms with Gasteiger partial charge in [0.2, 0.25) is 5.95 Å². The smallest absolute Gasteiger partial charge is 0.224 e. The third-order valence-electron chi connectivity index (χ3n) is 4.56. The van der Waals surface area contributed by atoms with Crippen LogP contribution in [0.2, 0.25) is 0 Å². The average molecular weight is 393 g/mol. The molecule has 0 aliphatic heterocycles. The molecule has 0 fully saturated rings. The van der Waals surface area contributed by atoms with Gasteiger partial charge in [-0.05, 0) is 55.2 Å². The van der Waals surface area contributed by atoms with Crippen molar-refractivity contribution in [1.29, 1.82) is 0 Å². The average Bonchev–Trinajstić information content (AvgIpc) is 2.74. The van der Waals surface area contributed by atoms with Gasteiger partial charge in [-0.1, -0.05) is 24.3 Å². The zero-order valence-electron chi connectivity index (χ0n) is 17.2. The largest absolute Gasteiger partial charge is 0.497 e. The van der Waals surface area contributed by atoms with E-state index in [1.165, 1.54) is 11.1 Å². The number of aryl methyl sites for hydroxylation is 1. The number of ether oxygens (including phenoxy) is 2. The molecule has 29 heavy (non-hydrogen) atoms. The minimum absolute atomic E-state index is 0.639. The van der Waals surface area contributed by atoms with Crippen molar-refractivity contribution in [2.45, 2.75) is 19.8 Å². The van der Waals surface area contributed by atoms with Gasteiger partial charge in [0.25, 0.3) is 0 Å². The zero-order chi connectivity index (χ0) is 20.5. The quantitative estimate of drug-likeness (QED) is 0.541. The Morgan fingerprint density at radius 3 is 2.24 bits per heavy atom. The summed E-state index contributed by atoms with van der Waals surface area (Å²) in [6, 6.07) is 18.2. The first-order valence-electron chi connectivity index (χ1n) is 9.75. The van der Waals surface area contributed by atoms with E-state index in [-0.39, 0.29) is 0 Å². The summed E-state index contributed by atoms with van der Waals surface area (Å²) < 4.78 is 10.5. The molecule has 3 aromatic rings. The van der Waals surface area contributed by atoms with Crippen molar-refractivity contribution >= 4 is 11.8 Å². The number of rotatable bonds is 10. The van der Waals surface area contributed by atoms with Gasteiger partial charge in [0.1, 0.15) is 17.3 Å². The van der Waals surface area contributed by atoms with Gasteiger partial charge in [0.15, 0.2) is 0 Å². The van der Waals surface area contributed by atoms with Crippen molar-refractivity contribution in [3.05, 3.63) is 71.4 Å². The van der Waals surface area contributed by atoms with E-state index >= 15 is 0 Å². The van der Waals surface area contributed by atoms with Gasteiger partial charge in [-0.2, -0.15) is 4.98 Å². The first-order chi connectivity index (χ1) is 14.2. The highest BCUT2D eigenvalue weighted by molar-refractivity contribution is 5.42. The molecule has 6 nitrogen and oxygen atoms in total. The molecule has 0 radical (unpaired) electrons. The van der Waals surface area contributed by atoms with E-state index in [1.807, 2.05) is 43.3 Å². The molecule has 0 saturated heterocycles. The summed E-state index contributed by atoms with van der Waals surface area (Å²) in [7, 11) is 3.36. The third kappa shape index (κ3) is 6.38. The molecule has 1 aromatic heterocycles. The molecule has 0 atom stereocenters. The van der Waals surface area contributed by atoms with Crippen LogP contribution in [0, 0.1) is 6.92 Å². The summed E-state index contributed by atoms with van der Waals surface area (Å²) in [5.41, 5.74) is 3.39. The van der Waals surface area contributed by atoms with Crippen LogP contribution in [0.15, 0.2) is 54.6 Å². The minimum atomic E-state index is 0.639. The summed E-state index contributed by atoms with van der Waals surface area (Å²) in [6.07, 6.45) is 1.78. The number of hydrogen-bond acceptors (Lipinski definition) is 6. The number of anilines is 2. The van der Waals surface area contributed by atoms with Crippen LogP contribution < -0.4 is 20.1 Å². The van der Waals surface area contributed by atoms with E-state index in [0.717, 1.165) is 48.9 Å². The molecule has 0 spiro atoms. The molecule has 0 aliphatic carbocycles. The first-order valence-corrected chi connectivity index (χ1v) is 9.75. The predicted octanol–water partition coefficient (Wildman–Crippen LogP) is 4.11. The fourth-order valence-electron chi connectivity index (χ4n) is 3.01. The van der Waals surface area contributed by atoms with E-state index in [1.54, 1.807) is 14.2 Å². The van der Waals surface area contributed by atoms with Gasteiger partial charge in [0, 0.05) is 24.8 Å². The summed E-state index contributed by atoms with van der Waals surface area (Å²) in [6.45, 7) is 3.53. The Labute approximate surface area is 172 Å². The second kappa shape index (κ2) is 10.3. The number of nitrogens with zero attached hydrogens (tertiary/aromatic N) is 2. The van der Waals surface area contributed by atoms with Gasteiger partial charge >= 0.3 is 0 Å². The van der Waals surface area contributed by atoms with E-state index in [9.17, 15) is 0 Å². The predicted molar refractivity (Wildman–Crippen MR) is 117 cm³/mol. The number of methoxy groups -OCH3 is 2. The molecule has 0 saturated carbocycles. The molecule has 2 N–H and O–H groups in total. The first kappa shape index (κ1) is 20.5. The summed E-state index contributed by atoms with van der Waals surface area (Å²) in [4.78, 5) is 9.06. The van der Waals surface area contributed by atoms with E-state index in [4.69, 9.17) is 9.47 Å². The lowest BCUT2D eigenvalue weighted by molar-refractivity contribution is 0.414. The Kier molecular flexibility index (Phi) is 7.28. The van der Waals surface area contributed by atoms with Crippen LogP contribution in [0.4, 0.5) is 11.8 Å². The molecular weight excluding hydrogens is 364 g/mol. The standard InChI is InChI=1S/C23H28N4O2/c1-17-15-22(24-13-11-18-7-9-20(28-2)10-8-18)27-23(26-17)25-14-12-19-5-4-6-21(16-19)29-3/h4-10,15-16H,11-14H2,1-3H3,(H2,24,25,26,27). The fraction of sp³-hybridized carbons (Fsp3) is 0.304. The van der Waals surface area contributed by atoms with Crippen molar-refractivity contribution < 1.29 is 9.47 Å². The molecular formula is C23H28N4O2. The van der Waals surface area contributed by atoms with Crippen LogP contribution >= 0.6 is 0 Å². The van der Waals surface area contributed by atoms with Gasteiger partial charge in [-0.15, -0.1) is 0 Å². The number of hydrogen-bond donors (Lipinski definition) is 2. The molecule has 0 unspecified atom stereocenters. The van der Waals surface area contributed by atoms with Gasteiger partial charge in [-0.25, -0.2) is 4.98 Å². The van der Waals surface area contributed by atoms with Crippen LogP contribution in [0.25, 0.3) is 0 Å². The zero-order valence-corrected chi connectivity index (χ0v) is 17.2. The molecule has 0 amide bonds. The monoisotopic (exact) mass is 392 g/mol. The van der Waals surface area contributed by atoms with Gasteiger partial charge in [0.05, 0.1) is 14.2 Å². The maximum absolute atomic E-state index is 5.27. The van der Waals surface area contributed by atoms with E-state index < -0.39 is 0 Å². The highest BCUT2D eigenvalue weighted by atomic mass is 16.5. The summed E-state index contributed by atoms with van der Waals surface area (Å²) in [5, 5.41) is 6.70. The minimum Gasteiger partial charge on any atom is -0.497 e. The van der Waals surface area contributed by atoms with E-state index in [2.05, 4.69) is 38.8 Å². The van der Waals surface area contributed by atoms with Crippen LogP contribution in [0.3, 0.4) is 0 Å². The van der Waals surface area contributed by atoms with Crippen LogP contribution in [0.1, 0.15) is 16.8 Å². The van der Waals surface area contributed by atoms with Crippen molar-refractivity contribution in [1.82, 2.24) is 9.97 Å². The van der Waals surface area contributed by atoms with Crippen LogP contribution in [0.5, 0.6) is 11.5 Å². The van der Waals surface area contributed by atoms with Gasteiger partial charge < -0.3 is 20.1 Å². The van der Waals surface area contributed by atoms with E-state index in [0.29, 0.717) is 5.95 Å². The SMILES string of the molecule is COc1ccc(CCNc2cc(C)nc(NCCc3cccc(OC)c3)n2)cc1. The molecule has 3 rings (SSSR count). The highest BCUT2D eigenvalue weighted by Gasteiger charge is 2.03. The number of aromatic nitrogens is 2. The second-order valence-electron chi connectivity index (χ2n) is 6.77. The van der Waals surface area contributed by atoms with Crippen molar-refractivity contribution in [3.8, 4) is 11.5 Å². The molecule has 6 heteroatoms. The van der Waals surface area contributed by atoms with Crippen LogP contribution in [-0.2, 0) is 12.8 Å². The Morgan fingerprint density at radius 1 is 0.759 bits per heavy atom.